The van der Waals surface area contributed by atoms with Crippen molar-refractivity contribution in [1.29, 1.82) is 0 Å². The quantitative estimate of drug-likeness (QED) is 0.825. The van der Waals surface area contributed by atoms with E-state index in [0.717, 1.165) is 0 Å². The molecule has 8 nitrogen and oxygen atoms in total. The van der Waals surface area contributed by atoms with Gasteiger partial charge in [0.25, 0.3) is 5.56 Å². The Kier molecular flexibility index (Phi) is 4.59. The molecule has 1 aliphatic heterocycles. The van der Waals surface area contributed by atoms with Crippen LogP contribution in [0.25, 0.3) is 0 Å². The van der Waals surface area contributed by atoms with Gasteiger partial charge < -0.3 is 14.2 Å². The minimum Gasteiger partial charge on any atom is -0.407 e. The van der Waals surface area contributed by atoms with Crippen LogP contribution in [0.1, 0.15) is 22.0 Å². The summed E-state index contributed by atoms with van der Waals surface area (Å²) >= 11 is 0. The first-order chi connectivity index (χ1) is 11.5. The number of aryl methyl sites for hydroxylation is 1. The molecule has 2 heterocycles. The SMILES string of the molecule is Cc1cn(C2COC(OC(=O)c3ccccc3)OC2)c(=O)[nH]c1=O. The number of benzene rings is 1. The molecule has 1 fully saturated rings. The summed E-state index contributed by atoms with van der Waals surface area (Å²) in [6.07, 6.45) is 1.45. The molecule has 1 aliphatic rings. The predicted octanol–water partition coefficient (Wildman–Crippen LogP) is 0.574. The molecule has 24 heavy (non-hydrogen) atoms. The highest BCUT2D eigenvalue weighted by Gasteiger charge is 2.27. The van der Waals surface area contributed by atoms with Crippen molar-refractivity contribution in [3.05, 3.63) is 68.5 Å². The standard InChI is InChI=1S/C16H16N2O6/c1-10-7-18(15(21)17-13(10)19)12-8-22-16(23-9-12)24-14(20)11-5-3-2-4-6-11/h2-7,12,16H,8-9H2,1H3,(H,17,19,21). The summed E-state index contributed by atoms with van der Waals surface area (Å²) in [6, 6.07) is 8.06. The van der Waals surface area contributed by atoms with Crippen molar-refractivity contribution in [3.8, 4) is 0 Å². The van der Waals surface area contributed by atoms with Crippen LogP contribution in [0.3, 0.4) is 0 Å². The van der Waals surface area contributed by atoms with Gasteiger partial charge in [-0.3, -0.25) is 14.3 Å². The summed E-state index contributed by atoms with van der Waals surface area (Å²) in [5, 5.41) is 0. The number of aromatic nitrogens is 2. The van der Waals surface area contributed by atoms with Crippen LogP contribution >= 0.6 is 0 Å². The number of nitrogens with one attached hydrogen (secondary N) is 1. The smallest absolute Gasteiger partial charge is 0.342 e. The molecule has 0 unspecified atom stereocenters. The van der Waals surface area contributed by atoms with E-state index in [1.54, 1.807) is 37.3 Å². The maximum atomic E-state index is 11.9. The second kappa shape index (κ2) is 6.81. The molecule has 0 radical (unpaired) electrons. The van der Waals surface area contributed by atoms with Crippen molar-refractivity contribution in [1.82, 2.24) is 9.55 Å². The highest BCUT2D eigenvalue weighted by atomic mass is 16.9. The van der Waals surface area contributed by atoms with Crippen LogP contribution < -0.4 is 11.2 Å². The molecule has 0 amide bonds. The highest BCUT2D eigenvalue weighted by molar-refractivity contribution is 5.89. The van der Waals surface area contributed by atoms with Crippen molar-refractivity contribution in [2.45, 2.75) is 19.4 Å². The summed E-state index contributed by atoms with van der Waals surface area (Å²) in [6.45, 7) is 0.688. The molecule has 8 heteroatoms. The Morgan fingerprint density at radius 3 is 2.54 bits per heavy atom. The fourth-order valence-corrected chi connectivity index (χ4v) is 2.29. The van der Waals surface area contributed by atoms with Gasteiger partial charge in [-0.1, -0.05) is 18.2 Å². The first-order valence-corrected chi connectivity index (χ1v) is 7.36. The van der Waals surface area contributed by atoms with Gasteiger partial charge >= 0.3 is 18.1 Å². The zero-order valence-corrected chi connectivity index (χ0v) is 12.9. The number of carbonyl (C=O) groups excluding carboxylic acids is 1. The van der Waals surface area contributed by atoms with Crippen molar-refractivity contribution < 1.29 is 19.0 Å². The number of carbonyl (C=O) groups is 1. The Morgan fingerprint density at radius 1 is 1.21 bits per heavy atom. The van der Waals surface area contributed by atoms with Crippen LogP contribution in [0.15, 0.2) is 46.1 Å². The van der Waals surface area contributed by atoms with Gasteiger partial charge in [0.05, 0.1) is 24.8 Å². The predicted molar refractivity (Wildman–Crippen MR) is 82.6 cm³/mol. The van der Waals surface area contributed by atoms with E-state index in [1.165, 1.54) is 10.8 Å². The zero-order chi connectivity index (χ0) is 17.1. The average Bonchev–Trinajstić information content (AvgIpc) is 2.60. The third-order valence-electron chi connectivity index (χ3n) is 3.60. The van der Waals surface area contributed by atoms with E-state index < -0.39 is 29.7 Å². The first-order valence-electron chi connectivity index (χ1n) is 7.36. The Labute approximate surface area is 136 Å². The van der Waals surface area contributed by atoms with Crippen molar-refractivity contribution >= 4 is 5.97 Å². The number of hydrogen-bond acceptors (Lipinski definition) is 6. The van der Waals surface area contributed by atoms with Crippen LogP contribution in [0.4, 0.5) is 0 Å². The second-order valence-corrected chi connectivity index (χ2v) is 5.36. The third-order valence-corrected chi connectivity index (χ3v) is 3.60. The molecule has 2 aromatic rings. The van der Waals surface area contributed by atoms with E-state index in [1.807, 2.05) is 0 Å². The fourth-order valence-electron chi connectivity index (χ4n) is 2.29. The maximum absolute atomic E-state index is 11.9. The summed E-state index contributed by atoms with van der Waals surface area (Å²) in [5.41, 5.74) is -0.169. The number of rotatable bonds is 3. The summed E-state index contributed by atoms with van der Waals surface area (Å²) in [5.74, 6) is -0.559. The lowest BCUT2D eigenvalue weighted by Gasteiger charge is -2.29. The topological polar surface area (TPSA) is 99.6 Å². The van der Waals surface area contributed by atoms with Crippen LogP contribution in [0, 0.1) is 6.92 Å². The second-order valence-electron chi connectivity index (χ2n) is 5.36. The Morgan fingerprint density at radius 2 is 1.88 bits per heavy atom. The molecule has 1 saturated heterocycles. The number of nitrogens with zero attached hydrogens (tertiary/aromatic N) is 1. The largest absolute Gasteiger partial charge is 0.407 e. The molecule has 1 aromatic heterocycles. The van der Waals surface area contributed by atoms with Crippen LogP contribution in [0.5, 0.6) is 0 Å². The summed E-state index contributed by atoms with van der Waals surface area (Å²) in [7, 11) is 0. The molecular weight excluding hydrogens is 316 g/mol. The van der Waals surface area contributed by atoms with Crippen LogP contribution in [-0.2, 0) is 14.2 Å². The summed E-state index contributed by atoms with van der Waals surface area (Å²) < 4.78 is 17.1. The fraction of sp³-hybridized carbons (Fsp3) is 0.312. The van der Waals surface area contributed by atoms with Gasteiger partial charge in [0.15, 0.2) is 0 Å². The molecule has 1 aromatic carbocycles. The van der Waals surface area contributed by atoms with E-state index in [-0.39, 0.29) is 13.2 Å². The molecule has 0 saturated carbocycles. The van der Waals surface area contributed by atoms with Gasteiger partial charge in [0.2, 0.25) is 0 Å². The van der Waals surface area contributed by atoms with Crippen molar-refractivity contribution in [2.75, 3.05) is 13.2 Å². The van der Waals surface area contributed by atoms with E-state index in [0.29, 0.717) is 11.1 Å². The van der Waals surface area contributed by atoms with Crippen LogP contribution in [-0.4, -0.2) is 35.2 Å². The highest BCUT2D eigenvalue weighted by Crippen LogP contribution is 2.16. The normalized spacial score (nSPS) is 20.5. The van der Waals surface area contributed by atoms with Crippen molar-refractivity contribution in [3.63, 3.8) is 0 Å². The van der Waals surface area contributed by atoms with Gasteiger partial charge in [-0.25, -0.2) is 9.59 Å². The van der Waals surface area contributed by atoms with Crippen molar-refractivity contribution in [2.24, 2.45) is 0 Å². The molecule has 1 N–H and O–H groups in total. The van der Waals surface area contributed by atoms with E-state index >= 15 is 0 Å². The Bertz CT molecular complexity index is 834. The van der Waals surface area contributed by atoms with Gasteiger partial charge in [-0.2, -0.15) is 0 Å². The first kappa shape index (κ1) is 16.2. The minimum absolute atomic E-state index is 0.109. The Balaban J connectivity index is 1.62. The molecule has 0 atom stereocenters. The zero-order valence-electron chi connectivity index (χ0n) is 12.9. The molecule has 0 bridgehead atoms. The number of H-pyrrole nitrogens is 1. The maximum Gasteiger partial charge on any atom is 0.342 e. The summed E-state index contributed by atoms with van der Waals surface area (Å²) in [4.78, 5) is 37.4. The van der Waals surface area contributed by atoms with Gasteiger partial charge in [0.1, 0.15) is 0 Å². The Hall–Kier alpha value is -2.71. The number of esters is 1. The monoisotopic (exact) mass is 332 g/mol. The lowest BCUT2D eigenvalue weighted by molar-refractivity contribution is -0.296. The average molecular weight is 332 g/mol. The number of aromatic amines is 1. The number of ether oxygens (including phenoxy) is 3. The molecule has 0 aliphatic carbocycles. The van der Waals surface area contributed by atoms with E-state index in [4.69, 9.17) is 14.2 Å². The molecule has 126 valence electrons. The van der Waals surface area contributed by atoms with Gasteiger partial charge in [-0.05, 0) is 19.1 Å². The van der Waals surface area contributed by atoms with Gasteiger partial charge in [-0.15, -0.1) is 0 Å². The van der Waals surface area contributed by atoms with Gasteiger partial charge in [0, 0.05) is 11.8 Å². The minimum atomic E-state index is -1.13. The molecule has 0 spiro atoms. The lowest BCUT2D eigenvalue weighted by atomic mass is 10.2. The van der Waals surface area contributed by atoms with E-state index in [2.05, 4.69) is 4.98 Å². The number of hydrogen-bond donors (Lipinski definition) is 1. The van der Waals surface area contributed by atoms with Crippen LogP contribution in [0.2, 0.25) is 0 Å². The molecule has 3 rings (SSSR count). The lowest BCUT2D eigenvalue weighted by Crippen LogP contribution is -2.42. The third kappa shape index (κ3) is 3.44. The van der Waals surface area contributed by atoms with E-state index in [9.17, 15) is 14.4 Å². The molecular formula is C16H16N2O6.